The van der Waals surface area contributed by atoms with E-state index in [2.05, 4.69) is 5.32 Å². The first-order chi connectivity index (χ1) is 13.0. The number of hydrogen-bond donors (Lipinski definition) is 1. The van der Waals surface area contributed by atoms with E-state index in [1.165, 1.54) is 24.3 Å². The number of hydrogen-bond acceptors (Lipinski definition) is 3. The molecular formula is C21H15FN2O3. The third kappa shape index (κ3) is 3.06. The molecule has 0 fully saturated rings. The van der Waals surface area contributed by atoms with Crippen LogP contribution in [-0.2, 0) is 0 Å². The molecule has 0 saturated heterocycles. The molecule has 0 saturated carbocycles. The number of carbonyl (C=O) groups is 3. The fourth-order valence-electron chi connectivity index (χ4n) is 3.16. The average molecular weight is 362 g/mol. The van der Waals surface area contributed by atoms with E-state index in [0.717, 1.165) is 15.7 Å². The molecule has 1 aliphatic rings. The largest absolute Gasteiger partial charge is 0.350 e. The molecule has 6 heteroatoms. The fourth-order valence-corrected chi connectivity index (χ4v) is 3.16. The smallest absolute Gasteiger partial charge is 0.261 e. The molecule has 1 N–H and O–H groups in total. The second-order valence-corrected chi connectivity index (χ2v) is 6.27. The van der Waals surface area contributed by atoms with Gasteiger partial charge in [0, 0.05) is 18.7 Å². The molecule has 0 spiro atoms. The molecular weight excluding hydrogens is 347 g/mol. The quantitative estimate of drug-likeness (QED) is 0.726. The number of halogens is 1. The summed E-state index contributed by atoms with van der Waals surface area (Å²) in [6.45, 7) is 0.177. The van der Waals surface area contributed by atoms with Gasteiger partial charge in [0.1, 0.15) is 5.82 Å². The molecule has 0 bridgehead atoms. The van der Waals surface area contributed by atoms with Gasteiger partial charge in [-0.05, 0) is 47.2 Å². The zero-order valence-corrected chi connectivity index (χ0v) is 14.2. The Labute approximate surface area is 154 Å². The third-order valence-electron chi connectivity index (χ3n) is 4.56. The SMILES string of the molecule is O=C(NCCN1C(=O)c2cc3ccccc3cc2C1=O)c1ccc(F)cc1. The van der Waals surface area contributed by atoms with Gasteiger partial charge in [0.05, 0.1) is 11.1 Å². The summed E-state index contributed by atoms with van der Waals surface area (Å²) in [5, 5.41) is 4.42. The van der Waals surface area contributed by atoms with E-state index in [1.54, 1.807) is 12.1 Å². The van der Waals surface area contributed by atoms with Gasteiger partial charge in [-0.3, -0.25) is 19.3 Å². The lowest BCUT2D eigenvalue weighted by atomic mass is 10.0. The summed E-state index contributed by atoms with van der Waals surface area (Å²) in [4.78, 5) is 38.4. The maximum absolute atomic E-state index is 12.9. The molecule has 1 heterocycles. The van der Waals surface area contributed by atoms with Crippen LogP contribution in [0.5, 0.6) is 0 Å². The maximum atomic E-state index is 12.9. The first kappa shape index (κ1) is 16.9. The van der Waals surface area contributed by atoms with E-state index in [1.807, 2.05) is 24.3 Å². The number of amides is 3. The molecule has 0 atom stereocenters. The molecule has 4 rings (SSSR count). The Bertz CT molecular complexity index is 1020. The number of imide groups is 1. The summed E-state index contributed by atoms with van der Waals surface area (Å²) in [6, 6.07) is 16.1. The minimum Gasteiger partial charge on any atom is -0.350 e. The van der Waals surface area contributed by atoms with E-state index >= 15 is 0 Å². The van der Waals surface area contributed by atoms with Crippen molar-refractivity contribution in [1.82, 2.24) is 10.2 Å². The Morgan fingerprint density at radius 3 is 2.00 bits per heavy atom. The lowest BCUT2D eigenvalue weighted by Crippen LogP contribution is -2.38. The Balaban J connectivity index is 1.46. The topological polar surface area (TPSA) is 66.5 Å². The molecule has 134 valence electrons. The maximum Gasteiger partial charge on any atom is 0.261 e. The third-order valence-corrected chi connectivity index (χ3v) is 4.56. The number of rotatable bonds is 4. The zero-order valence-electron chi connectivity index (χ0n) is 14.2. The fraction of sp³-hybridized carbons (Fsp3) is 0.0952. The summed E-state index contributed by atoms with van der Waals surface area (Å²) in [7, 11) is 0. The van der Waals surface area contributed by atoms with Gasteiger partial charge in [-0.25, -0.2) is 4.39 Å². The van der Waals surface area contributed by atoms with Crippen LogP contribution in [0.1, 0.15) is 31.1 Å². The Morgan fingerprint density at radius 1 is 0.889 bits per heavy atom. The van der Waals surface area contributed by atoms with E-state index < -0.39 is 11.7 Å². The standard InChI is InChI=1S/C21H15FN2O3/c22-16-7-5-13(6-8-16)19(25)23-9-10-24-20(26)17-11-14-3-1-2-4-15(14)12-18(17)21(24)27/h1-8,11-12H,9-10H2,(H,23,25). The van der Waals surface area contributed by atoms with Gasteiger partial charge in [-0.15, -0.1) is 0 Å². The molecule has 3 aromatic carbocycles. The van der Waals surface area contributed by atoms with Gasteiger partial charge in [0.25, 0.3) is 17.7 Å². The minimum atomic E-state index is -0.426. The molecule has 0 aliphatic carbocycles. The highest BCUT2D eigenvalue weighted by atomic mass is 19.1. The van der Waals surface area contributed by atoms with Gasteiger partial charge < -0.3 is 5.32 Å². The average Bonchev–Trinajstić information content (AvgIpc) is 2.91. The van der Waals surface area contributed by atoms with Crippen molar-refractivity contribution in [3.8, 4) is 0 Å². The summed E-state index contributed by atoms with van der Waals surface area (Å²) in [5.74, 6) is -1.55. The molecule has 27 heavy (non-hydrogen) atoms. The highest BCUT2D eigenvalue weighted by Gasteiger charge is 2.35. The van der Waals surface area contributed by atoms with Crippen molar-refractivity contribution >= 4 is 28.5 Å². The zero-order chi connectivity index (χ0) is 19.0. The number of carbonyl (C=O) groups excluding carboxylic acids is 3. The minimum absolute atomic E-state index is 0.0651. The monoisotopic (exact) mass is 362 g/mol. The van der Waals surface area contributed by atoms with Crippen molar-refractivity contribution in [3.63, 3.8) is 0 Å². The van der Waals surface area contributed by atoms with Crippen molar-refractivity contribution in [3.05, 3.63) is 83.2 Å². The van der Waals surface area contributed by atoms with E-state index in [4.69, 9.17) is 0 Å². The lowest BCUT2D eigenvalue weighted by Gasteiger charge is -2.14. The summed E-state index contributed by atoms with van der Waals surface area (Å²) >= 11 is 0. The van der Waals surface area contributed by atoms with Crippen molar-refractivity contribution in [1.29, 1.82) is 0 Å². The van der Waals surface area contributed by atoms with Crippen LogP contribution < -0.4 is 5.32 Å². The summed E-state index contributed by atoms with van der Waals surface area (Å²) < 4.78 is 12.9. The Hall–Kier alpha value is -3.54. The van der Waals surface area contributed by atoms with Crippen LogP contribution >= 0.6 is 0 Å². The molecule has 3 aromatic rings. The first-order valence-electron chi connectivity index (χ1n) is 8.47. The summed E-state index contributed by atoms with van der Waals surface area (Å²) in [5.41, 5.74) is 1.07. The van der Waals surface area contributed by atoms with Crippen molar-refractivity contribution < 1.29 is 18.8 Å². The van der Waals surface area contributed by atoms with Crippen LogP contribution in [-0.4, -0.2) is 35.7 Å². The van der Waals surface area contributed by atoms with Gasteiger partial charge in [0.15, 0.2) is 0 Å². The van der Waals surface area contributed by atoms with Crippen LogP contribution in [0.4, 0.5) is 4.39 Å². The number of benzene rings is 3. The van der Waals surface area contributed by atoms with Crippen molar-refractivity contribution in [2.75, 3.05) is 13.1 Å². The van der Waals surface area contributed by atoms with Crippen LogP contribution in [0.2, 0.25) is 0 Å². The van der Waals surface area contributed by atoms with Gasteiger partial charge in [-0.1, -0.05) is 24.3 Å². The molecule has 1 aliphatic heterocycles. The number of nitrogens with one attached hydrogen (secondary N) is 1. The molecule has 3 amide bonds. The normalized spacial score (nSPS) is 13.1. The van der Waals surface area contributed by atoms with Gasteiger partial charge >= 0.3 is 0 Å². The number of nitrogens with zero attached hydrogens (tertiary/aromatic N) is 1. The highest BCUT2D eigenvalue weighted by Crippen LogP contribution is 2.27. The van der Waals surface area contributed by atoms with E-state index in [9.17, 15) is 18.8 Å². The second kappa shape index (κ2) is 6.64. The van der Waals surface area contributed by atoms with Crippen LogP contribution in [0, 0.1) is 5.82 Å². The predicted octanol–water partition coefficient (Wildman–Crippen LogP) is 3.00. The van der Waals surface area contributed by atoms with Gasteiger partial charge in [0.2, 0.25) is 0 Å². The number of fused-ring (bicyclic) bond motifs is 2. The lowest BCUT2D eigenvalue weighted by molar-refractivity contribution is 0.0650. The van der Waals surface area contributed by atoms with Gasteiger partial charge in [-0.2, -0.15) is 0 Å². The molecule has 0 unspecified atom stereocenters. The first-order valence-corrected chi connectivity index (χ1v) is 8.47. The highest BCUT2D eigenvalue weighted by molar-refractivity contribution is 6.23. The Kier molecular flexibility index (Phi) is 4.16. The van der Waals surface area contributed by atoms with E-state index in [-0.39, 0.29) is 24.9 Å². The van der Waals surface area contributed by atoms with Crippen LogP contribution in [0.25, 0.3) is 10.8 Å². The van der Waals surface area contributed by atoms with Crippen LogP contribution in [0.15, 0.2) is 60.7 Å². The predicted molar refractivity (Wildman–Crippen MR) is 98.0 cm³/mol. The molecule has 0 radical (unpaired) electrons. The van der Waals surface area contributed by atoms with Crippen LogP contribution in [0.3, 0.4) is 0 Å². The summed E-state index contributed by atoms with van der Waals surface area (Å²) in [6.07, 6.45) is 0. The van der Waals surface area contributed by atoms with Crippen molar-refractivity contribution in [2.45, 2.75) is 0 Å². The van der Waals surface area contributed by atoms with Crippen molar-refractivity contribution in [2.24, 2.45) is 0 Å². The molecule has 5 nitrogen and oxygen atoms in total. The Morgan fingerprint density at radius 2 is 1.44 bits per heavy atom. The molecule has 0 aromatic heterocycles. The second-order valence-electron chi connectivity index (χ2n) is 6.27. The van der Waals surface area contributed by atoms with E-state index in [0.29, 0.717) is 16.7 Å².